The minimum Gasteiger partial charge on any atom is -0.450 e. The molecule has 0 radical (unpaired) electrons. The number of rotatable bonds is 3. The molecule has 5 heteroatoms. The highest BCUT2D eigenvalue weighted by Gasteiger charge is 2.14. The van der Waals surface area contributed by atoms with Crippen LogP contribution in [0.3, 0.4) is 0 Å². The van der Waals surface area contributed by atoms with Gasteiger partial charge in [-0.3, -0.25) is 10.1 Å². The van der Waals surface area contributed by atoms with Crippen LogP contribution in [0, 0.1) is 10.1 Å². The van der Waals surface area contributed by atoms with Crippen molar-refractivity contribution in [2.45, 2.75) is 0 Å². The Labute approximate surface area is 98.0 Å². The number of aryl methyl sites for hydroxylation is 1. The summed E-state index contributed by atoms with van der Waals surface area (Å²) in [6.07, 6.45) is 3.62. The fourth-order valence-electron chi connectivity index (χ4n) is 1.38. The fraction of sp³-hybridized carbons (Fsp3) is 0.0833. The first-order valence-electron chi connectivity index (χ1n) is 5.03. The molecule has 0 unspecified atom stereocenters. The lowest BCUT2D eigenvalue weighted by molar-refractivity contribution is -0.671. The summed E-state index contributed by atoms with van der Waals surface area (Å²) in [5.41, 5.74) is -0.0410. The van der Waals surface area contributed by atoms with Crippen molar-refractivity contribution in [3.63, 3.8) is 0 Å². The second-order valence-corrected chi connectivity index (χ2v) is 3.53. The van der Waals surface area contributed by atoms with E-state index in [9.17, 15) is 10.1 Å². The molecular formula is C12H11N2O3+. The lowest BCUT2D eigenvalue weighted by Gasteiger charge is -2.04. The van der Waals surface area contributed by atoms with Crippen LogP contribution in [-0.2, 0) is 7.05 Å². The van der Waals surface area contributed by atoms with Crippen molar-refractivity contribution in [1.29, 1.82) is 0 Å². The Morgan fingerprint density at radius 1 is 1.18 bits per heavy atom. The summed E-state index contributed by atoms with van der Waals surface area (Å²) >= 11 is 0. The summed E-state index contributed by atoms with van der Waals surface area (Å²) in [5.74, 6) is 0.809. The Balaban J connectivity index is 2.30. The molecule has 0 aliphatic heterocycles. The fourth-order valence-corrected chi connectivity index (χ4v) is 1.38. The summed E-state index contributed by atoms with van der Waals surface area (Å²) in [5, 5.41) is 10.8. The standard InChI is InChI=1S/C12H11N2O3/c1-13-8-6-10(7-9-13)17-12-5-3-2-4-11(12)14(15)16/h2-9H,1H3/q+1. The first-order valence-corrected chi connectivity index (χ1v) is 5.03. The Morgan fingerprint density at radius 2 is 1.82 bits per heavy atom. The maximum absolute atomic E-state index is 10.8. The average Bonchev–Trinajstić information content (AvgIpc) is 2.32. The zero-order valence-corrected chi connectivity index (χ0v) is 9.24. The van der Waals surface area contributed by atoms with Gasteiger partial charge >= 0.3 is 5.69 Å². The van der Waals surface area contributed by atoms with Crippen molar-refractivity contribution in [2.75, 3.05) is 0 Å². The summed E-state index contributed by atoms with van der Waals surface area (Å²) in [6.45, 7) is 0. The topological polar surface area (TPSA) is 56.2 Å². The van der Waals surface area contributed by atoms with Crippen LogP contribution in [-0.4, -0.2) is 4.92 Å². The van der Waals surface area contributed by atoms with Gasteiger partial charge in [-0.15, -0.1) is 0 Å². The number of hydrogen-bond acceptors (Lipinski definition) is 3. The monoisotopic (exact) mass is 231 g/mol. The predicted octanol–water partition coefficient (Wildman–Crippen LogP) is 2.21. The van der Waals surface area contributed by atoms with Gasteiger partial charge in [0.15, 0.2) is 12.4 Å². The molecule has 17 heavy (non-hydrogen) atoms. The van der Waals surface area contributed by atoms with E-state index in [1.165, 1.54) is 6.07 Å². The molecule has 1 heterocycles. The second-order valence-electron chi connectivity index (χ2n) is 3.53. The third-order valence-corrected chi connectivity index (χ3v) is 2.24. The molecule has 1 aromatic heterocycles. The zero-order chi connectivity index (χ0) is 12.3. The predicted molar refractivity (Wildman–Crippen MR) is 60.8 cm³/mol. The second kappa shape index (κ2) is 4.61. The van der Waals surface area contributed by atoms with Crippen molar-refractivity contribution in [3.8, 4) is 11.5 Å². The Kier molecular flexibility index (Phi) is 3.00. The van der Waals surface area contributed by atoms with Gasteiger partial charge in [0.05, 0.1) is 4.92 Å². The molecule has 0 saturated carbocycles. The van der Waals surface area contributed by atoms with Crippen LogP contribution in [0.15, 0.2) is 48.8 Å². The van der Waals surface area contributed by atoms with Gasteiger partial charge in [-0.25, -0.2) is 4.57 Å². The number of pyridine rings is 1. The minimum atomic E-state index is -0.460. The third kappa shape index (κ3) is 2.57. The SMILES string of the molecule is C[n+]1ccc(Oc2ccccc2[N+](=O)[O-])cc1. The molecule has 0 atom stereocenters. The highest BCUT2D eigenvalue weighted by atomic mass is 16.6. The molecule has 0 fully saturated rings. The molecule has 1 aromatic carbocycles. The molecule has 86 valence electrons. The number of ether oxygens (including phenoxy) is 1. The summed E-state index contributed by atoms with van der Waals surface area (Å²) in [7, 11) is 1.88. The maximum Gasteiger partial charge on any atom is 0.311 e. The first-order chi connectivity index (χ1) is 8.16. The van der Waals surface area contributed by atoms with Crippen LogP contribution in [0.25, 0.3) is 0 Å². The smallest absolute Gasteiger partial charge is 0.311 e. The van der Waals surface area contributed by atoms with Crippen LogP contribution < -0.4 is 9.30 Å². The Bertz CT molecular complexity index is 538. The molecule has 2 aromatic rings. The van der Waals surface area contributed by atoms with Crippen molar-refractivity contribution >= 4 is 5.69 Å². The number of aromatic nitrogens is 1. The normalized spacial score (nSPS) is 9.94. The van der Waals surface area contributed by atoms with E-state index in [4.69, 9.17) is 4.74 Å². The molecule has 0 amide bonds. The molecule has 5 nitrogen and oxygen atoms in total. The number of hydrogen-bond donors (Lipinski definition) is 0. The lowest BCUT2D eigenvalue weighted by atomic mass is 10.3. The van der Waals surface area contributed by atoms with Crippen molar-refractivity contribution in [1.82, 2.24) is 0 Å². The van der Waals surface area contributed by atoms with Gasteiger partial charge < -0.3 is 4.74 Å². The molecule has 0 N–H and O–H groups in total. The number of nitro benzene ring substituents is 1. The molecule has 0 spiro atoms. The van der Waals surface area contributed by atoms with Crippen LogP contribution in [0.5, 0.6) is 11.5 Å². The van der Waals surface area contributed by atoms with E-state index in [-0.39, 0.29) is 11.4 Å². The molecule has 2 rings (SSSR count). The quantitative estimate of drug-likeness (QED) is 0.462. The van der Waals surface area contributed by atoms with Gasteiger partial charge in [0.25, 0.3) is 0 Å². The molecule has 0 bridgehead atoms. The Morgan fingerprint density at radius 3 is 2.47 bits per heavy atom. The van der Waals surface area contributed by atoms with Gasteiger partial charge in [0, 0.05) is 18.2 Å². The third-order valence-electron chi connectivity index (χ3n) is 2.24. The highest BCUT2D eigenvalue weighted by molar-refractivity contribution is 5.47. The number of para-hydroxylation sites is 2. The van der Waals surface area contributed by atoms with Gasteiger partial charge in [-0.1, -0.05) is 12.1 Å². The van der Waals surface area contributed by atoms with E-state index < -0.39 is 4.92 Å². The van der Waals surface area contributed by atoms with Gasteiger partial charge in [0.2, 0.25) is 5.75 Å². The number of nitrogens with zero attached hydrogens (tertiary/aromatic N) is 2. The van der Waals surface area contributed by atoms with E-state index in [0.717, 1.165) is 0 Å². The highest BCUT2D eigenvalue weighted by Crippen LogP contribution is 2.30. The van der Waals surface area contributed by atoms with Gasteiger partial charge in [0.1, 0.15) is 12.8 Å². The Hall–Kier alpha value is -2.43. The maximum atomic E-state index is 10.8. The number of benzene rings is 1. The van der Waals surface area contributed by atoms with E-state index in [1.807, 2.05) is 24.0 Å². The van der Waals surface area contributed by atoms with Gasteiger partial charge in [-0.05, 0) is 6.07 Å². The number of nitro groups is 1. The van der Waals surface area contributed by atoms with Gasteiger partial charge in [-0.2, -0.15) is 0 Å². The van der Waals surface area contributed by atoms with Crippen LogP contribution in [0.4, 0.5) is 5.69 Å². The van der Waals surface area contributed by atoms with Crippen LogP contribution in [0.2, 0.25) is 0 Å². The molecule has 0 aliphatic rings. The summed E-state index contributed by atoms with van der Waals surface area (Å²) in [4.78, 5) is 10.3. The van der Waals surface area contributed by atoms with E-state index in [0.29, 0.717) is 5.75 Å². The molecule has 0 saturated heterocycles. The van der Waals surface area contributed by atoms with Crippen LogP contribution >= 0.6 is 0 Å². The summed E-state index contributed by atoms with van der Waals surface area (Å²) in [6, 6.07) is 9.79. The van der Waals surface area contributed by atoms with Crippen molar-refractivity contribution in [3.05, 3.63) is 58.9 Å². The first kappa shape index (κ1) is 11.1. The van der Waals surface area contributed by atoms with Crippen molar-refractivity contribution < 1.29 is 14.2 Å². The van der Waals surface area contributed by atoms with Crippen molar-refractivity contribution in [2.24, 2.45) is 7.05 Å². The zero-order valence-electron chi connectivity index (χ0n) is 9.24. The van der Waals surface area contributed by atoms with Crippen LogP contribution in [0.1, 0.15) is 0 Å². The van der Waals surface area contributed by atoms with E-state index in [2.05, 4.69) is 0 Å². The largest absolute Gasteiger partial charge is 0.450 e. The molecular weight excluding hydrogens is 220 g/mol. The minimum absolute atomic E-state index is 0.0410. The molecule has 0 aliphatic carbocycles. The lowest BCUT2D eigenvalue weighted by Crippen LogP contribution is -2.25. The summed E-state index contributed by atoms with van der Waals surface area (Å²) < 4.78 is 7.32. The van der Waals surface area contributed by atoms with E-state index >= 15 is 0 Å². The van der Waals surface area contributed by atoms with E-state index in [1.54, 1.807) is 30.3 Å². The average molecular weight is 231 g/mol.